The highest BCUT2D eigenvalue weighted by molar-refractivity contribution is 5.92. The standard InChI is InChI=1S/C11H8F6N2O3/c12-10(13,14)9(21,11(15,16)17)6-1-3-7(4-2-6)19-8(20)5-18-22/h1-4,21H,5H2,(H,19,20). The van der Waals surface area contributed by atoms with Gasteiger partial charge in [0.1, 0.15) is 0 Å². The minimum Gasteiger partial charge on any atom is -0.369 e. The second-order valence-electron chi connectivity index (χ2n) is 4.12. The average Bonchev–Trinajstić information content (AvgIpc) is 2.36. The normalized spacial score (nSPS) is 12.9. The highest BCUT2D eigenvalue weighted by atomic mass is 19.4. The van der Waals surface area contributed by atoms with E-state index in [-0.39, 0.29) is 5.69 Å². The van der Waals surface area contributed by atoms with Gasteiger partial charge in [-0.1, -0.05) is 17.3 Å². The van der Waals surface area contributed by atoms with Gasteiger partial charge in [-0.2, -0.15) is 31.2 Å². The lowest BCUT2D eigenvalue weighted by atomic mass is 9.92. The first kappa shape index (κ1) is 17.9. The molecule has 0 atom stereocenters. The summed E-state index contributed by atoms with van der Waals surface area (Å²) in [5, 5.41) is 13.4. The fraction of sp³-hybridized carbons (Fsp3) is 0.364. The molecule has 1 rings (SSSR count). The quantitative estimate of drug-likeness (QED) is 0.658. The number of hydrogen-bond acceptors (Lipinski definition) is 4. The van der Waals surface area contributed by atoms with Crippen LogP contribution in [0, 0.1) is 4.91 Å². The minimum absolute atomic E-state index is 0.163. The molecule has 0 aliphatic rings. The lowest BCUT2D eigenvalue weighted by Gasteiger charge is -2.32. The summed E-state index contributed by atoms with van der Waals surface area (Å²) in [6.45, 7) is -0.767. The van der Waals surface area contributed by atoms with E-state index >= 15 is 0 Å². The van der Waals surface area contributed by atoms with Gasteiger partial charge in [0.15, 0.2) is 6.54 Å². The van der Waals surface area contributed by atoms with E-state index < -0.39 is 36.0 Å². The van der Waals surface area contributed by atoms with Gasteiger partial charge in [-0.05, 0) is 12.1 Å². The summed E-state index contributed by atoms with van der Waals surface area (Å²) >= 11 is 0. The Bertz CT molecular complexity index is 538. The molecule has 0 fully saturated rings. The van der Waals surface area contributed by atoms with Crippen LogP contribution >= 0.6 is 0 Å². The van der Waals surface area contributed by atoms with E-state index in [1.807, 2.05) is 5.32 Å². The molecule has 0 heterocycles. The number of carbonyl (C=O) groups is 1. The number of nitrogens with one attached hydrogen (secondary N) is 1. The molecule has 0 aliphatic heterocycles. The van der Waals surface area contributed by atoms with Gasteiger partial charge in [0.2, 0.25) is 5.91 Å². The summed E-state index contributed by atoms with van der Waals surface area (Å²) in [5.41, 5.74) is -6.66. The maximum absolute atomic E-state index is 12.6. The van der Waals surface area contributed by atoms with E-state index in [0.717, 1.165) is 12.1 Å². The van der Waals surface area contributed by atoms with Gasteiger partial charge >= 0.3 is 12.4 Å². The summed E-state index contributed by atoms with van der Waals surface area (Å²) in [6, 6.07) is 2.18. The maximum Gasteiger partial charge on any atom is 0.430 e. The second-order valence-corrected chi connectivity index (χ2v) is 4.12. The molecule has 1 aromatic carbocycles. The Morgan fingerprint density at radius 1 is 1.05 bits per heavy atom. The third-order valence-electron chi connectivity index (χ3n) is 2.62. The van der Waals surface area contributed by atoms with Gasteiger partial charge in [0.05, 0.1) is 0 Å². The molecule has 2 N–H and O–H groups in total. The minimum atomic E-state index is -5.99. The van der Waals surface area contributed by atoms with Crippen molar-refractivity contribution in [3.63, 3.8) is 0 Å². The monoisotopic (exact) mass is 330 g/mol. The smallest absolute Gasteiger partial charge is 0.369 e. The Balaban J connectivity index is 3.15. The number of aliphatic hydroxyl groups is 1. The molecule has 0 radical (unpaired) electrons. The van der Waals surface area contributed by atoms with Crippen molar-refractivity contribution in [3.05, 3.63) is 34.7 Å². The number of amides is 1. The van der Waals surface area contributed by atoms with E-state index in [2.05, 4.69) is 5.18 Å². The molecule has 0 bridgehead atoms. The average molecular weight is 330 g/mol. The Morgan fingerprint density at radius 2 is 1.50 bits per heavy atom. The molecule has 0 saturated heterocycles. The van der Waals surface area contributed by atoms with Crippen molar-refractivity contribution in [3.8, 4) is 0 Å². The zero-order chi connectivity index (χ0) is 17.2. The summed E-state index contributed by atoms with van der Waals surface area (Å²) < 4.78 is 75.7. The number of halogens is 6. The highest BCUT2D eigenvalue weighted by Gasteiger charge is 2.71. The largest absolute Gasteiger partial charge is 0.430 e. The van der Waals surface area contributed by atoms with Crippen molar-refractivity contribution in [2.45, 2.75) is 18.0 Å². The summed E-state index contributed by atoms with van der Waals surface area (Å²) in [4.78, 5) is 20.8. The van der Waals surface area contributed by atoms with Crippen LogP contribution in [0.1, 0.15) is 5.56 Å². The van der Waals surface area contributed by atoms with Gasteiger partial charge in [0.25, 0.3) is 5.60 Å². The van der Waals surface area contributed by atoms with Crippen LogP contribution in [0.2, 0.25) is 0 Å². The lowest BCUT2D eigenvalue weighted by Crippen LogP contribution is -2.53. The van der Waals surface area contributed by atoms with Gasteiger partial charge in [-0.15, -0.1) is 0 Å². The first-order valence-electron chi connectivity index (χ1n) is 5.49. The van der Waals surface area contributed by atoms with Crippen LogP contribution in [0.25, 0.3) is 0 Å². The van der Waals surface area contributed by atoms with Crippen molar-refractivity contribution in [1.82, 2.24) is 0 Å². The van der Waals surface area contributed by atoms with Gasteiger partial charge in [-0.25, -0.2) is 0 Å². The third-order valence-corrected chi connectivity index (χ3v) is 2.62. The Kier molecular flexibility index (Phi) is 4.80. The van der Waals surface area contributed by atoms with Crippen LogP contribution < -0.4 is 5.32 Å². The Morgan fingerprint density at radius 3 is 1.86 bits per heavy atom. The summed E-state index contributed by atoms with van der Waals surface area (Å²) in [6.07, 6.45) is -12.0. The highest BCUT2D eigenvalue weighted by Crippen LogP contribution is 2.50. The predicted molar refractivity (Wildman–Crippen MR) is 61.7 cm³/mol. The van der Waals surface area contributed by atoms with Crippen molar-refractivity contribution in [2.24, 2.45) is 5.18 Å². The molecule has 0 spiro atoms. The molecule has 122 valence electrons. The molecule has 5 nitrogen and oxygen atoms in total. The zero-order valence-corrected chi connectivity index (χ0v) is 10.5. The van der Waals surface area contributed by atoms with Crippen molar-refractivity contribution in [2.75, 3.05) is 11.9 Å². The van der Waals surface area contributed by atoms with Crippen molar-refractivity contribution < 1.29 is 36.2 Å². The Hall–Kier alpha value is -2.17. The molecule has 0 aliphatic carbocycles. The number of hydrogen-bond donors (Lipinski definition) is 2. The number of nitroso groups, excluding NO2 is 1. The van der Waals surface area contributed by atoms with Crippen LogP contribution in [-0.4, -0.2) is 29.9 Å². The van der Waals surface area contributed by atoms with Crippen molar-refractivity contribution in [1.29, 1.82) is 0 Å². The lowest BCUT2D eigenvalue weighted by molar-refractivity contribution is -0.376. The number of rotatable bonds is 4. The van der Waals surface area contributed by atoms with E-state index in [0.29, 0.717) is 12.1 Å². The van der Waals surface area contributed by atoms with Gasteiger partial charge < -0.3 is 10.4 Å². The molecule has 1 amide bonds. The fourth-order valence-corrected chi connectivity index (χ4v) is 1.54. The molecule has 1 aromatic rings. The SMILES string of the molecule is O=NCC(=O)Nc1ccc(C(O)(C(F)(F)F)C(F)(F)F)cc1. The molecule has 0 aromatic heterocycles. The van der Waals surface area contributed by atoms with Crippen molar-refractivity contribution >= 4 is 11.6 Å². The third kappa shape index (κ3) is 3.35. The molecule has 22 heavy (non-hydrogen) atoms. The van der Waals surface area contributed by atoms with Gasteiger partial charge in [-0.3, -0.25) is 4.79 Å². The van der Waals surface area contributed by atoms with Gasteiger partial charge in [0, 0.05) is 11.3 Å². The molecular weight excluding hydrogens is 322 g/mol. The number of benzene rings is 1. The fourth-order valence-electron chi connectivity index (χ4n) is 1.54. The van der Waals surface area contributed by atoms with E-state index in [9.17, 15) is 36.0 Å². The maximum atomic E-state index is 12.6. The zero-order valence-electron chi connectivity index (χ0n) is 10.5. The predicted octanol–water partition coefficient (Wildman–Crippen LogP) is 2.70. The number of carbonyl (C=O) groups excluding carboxylic acids is 1. The van der Waals surface area contributed by atoms with Crippen LogP contribution in [0.15, 0.2) is 29.4 Å². The number of anilines is 1. The van der Waals surface area contributed by atoms with E-state index in [1.54, 1.807) is 0 Å². The summed E-state index contributed by atoms with van der Waals surface area (Å²) in [5.74, 6) is -0.898. The number of alkyl halides is 6. The molecule has 0 saturated carbocycles. The summed E-state index contributed by atoms with van der Waals surface area (Å²) in [7, 11) is 0. The second kappa shape index (κ2) is 5.91. The number of nitrogens with zero attached hydrogens (tertiary/aromatic N) is 1. The van der Waals surface area contributed by atoms with Crippen LogP contribution in [0.4, 0.5) is 32.0 Å². The Labute approximate surface area is 118 Å². The molecule has 0 unspecified atom stereocenters. The molecular formula is C11H8F6N2O3. The van der Waals surface area contributed by atoms with Crippen LogP contribution in [-0.2, 0) is 10.4 Å². The van der Waals surface area contributed by atoms with E-state index in [1.165, 1.54) is 0 Å². The van der Waals surface area contributed by atoms with Crippen LogP contribution in [0.3, 0.4) is 0 Å². The van der Waals surface area contributed by atoms with E-state index in [4.69, 9.17) is 5.11 Å². The first-order valence-corrected chi connectivity index (χ1v) is 5.49. The molecule has 11 heteroatoms. The van der Waals surface area contributed by atoms with Crippen LogP contribution in [0.5, 0.6) is 0 Å². The first-order chi connectivity index (χ1) is 9.93. The topological polar surface area (TPSA) is 78.8 Å².